The van der Waals surface area contributed by atoms with E-state index in [0.29, 0.717) is 18.8 Å². The Balaban J connectivity index is 1.48. The molecule has 5 nitrogen and oxygen atoms in total. The van der Waals surface area contributed by atoms with E-state index in [9.17, 15) is 4.79 Å². The van der Waals surface area contributed by atoms with Crippen molar-refractivity contribution in [1.29, 1.82) is 0 Å². The number of nitrogens with zero attached hydrogens (tertiary/aromatic N) is 1. The van der Waals surface area contributed by atoms with Gasteiger partial charge in [0.2, 0.25) is 0 Å². The lowest BCUT2D eigenvalue weighted by molar-refractivity contribution is 0.0767. The van der Waals surface area contributed by atoms with Crippen molar-refractivity contribution in [3.63, 3.8) is 0 Å². The lowest BCUT2D eigenvalue weighted by atomic mass is 10.2. The molecule has 1 N–H and O–H groups in total. The number of likely N-dealkylation sites (tertiary alicyclic amines) is 1. The average molecular weight is 336 g/mol. The molecule has 0 saturated carbocycles. The van der Waals surface area contributed by atoms with Gasteiger partial charge >= 0.3 is 0 Å². The third kappa shape index (κ3) is 3.05. The summed E-state index contributed by atoms with van der Waals surface area (Å²) in [4.78, 5) is 17.9. The van der Waals surface area contributed by atoms with Gasteiger partial charge in [-0.25, -0.2) is 0 Å². The number of carbonyl (C=O) groups excluding carboxylic acids is 1. The van der Waals surface area contributed by atoms with Crippen LogP contribution in [-0.2, 0) is 0 Å². The number of para-hydroxylation sites is 1. The maximum atomic E-state index is 12.8. The first-order valence-corrected chi connectivity index (χ1v) is 8.41. The van der Waals surface area contributed by atoms with E-state index in [1.165, 1.54) is 0 Å². The third-order valence-corrected chi connectivity index (χ3v) is 4.55. The highest BCUT2D eigenvalue weighted by Crippen LogP contribution is 2.27. The Labute approximate surface area is 146 Å². The number of hydrogen-bond acceptors (Lipinski definition) is 3. The Bertz CT molecular complexity index is 888. The van der Waals surface area contributed by atoms with E-state index < -0.39 is 0 Å². The van der Waals surface area contributed by atoms with Crippen molar-refractivity contribution in [3.8, 4) is 11.5 Å². The van der Waals surface area contributed by atoms with Gasteiger partial charge in [-0.05, 0) is 30.3 Å². The second-order valence-electron chi connectivity index (χ2n) is 6.20. The molecule has 3 aromatic rings. The minimum absolute atomic E-state index is 0.00239. The maximum absolute atomic E-state index is 12.8. The summed E-state index contributed by atoms with van der Waals surface area (Å²) in [5.74, 6) is 1.61. The van der Waals surface area contributed by atoms with Crippen LogP contribution < -0.4 is 9.47 Å². The molecule has 0 bridgehead atoms. The second-order valence-corrected chi connectivity index (χ2v) is 6.20. The smallest absolute Gasteiger partial charge is 0.270 e. The number of carbonyl (C=O) groups is 1. The van der Waals surface area contributed by atoms with Crippen LogP contribution in [0.1, 0.15) is 16.9 Å². The molecular weight excluding hydrogens is 316 g/mol. The summed E-state index contributed by atoms with van der Waals surface area (Å²) in [7, 11) is 1.63. The number of rotatable bonds is 4. The number of amides is 1. The molecule has 1 aliphatic rings. The van der Waals surface area contributed by atoms with Gasteiger partial charge < -0.3 is 19.4 Å². The normalized spacial score (nSPS) is 17.0. The lowest BCUT2D eigenvalue weighted by Crippen LogP contribution is -2.31. The summed E-state index contributed by atoms with van der Waals surface area (Å²) in [6, 6.07) is 17.3. The molecule has 0 aliphatic carbocycles. The minimum Gasteiger partial charge on any atom is -0.496 e. The second kappa shape index (κ2) is 6.51. The molecule has 5 heteroatoms. The Morgan fingerprint density at radius 2 is 2.00 bits per heavy atom. The molecule has 1 aromatic heterocycles. The zero-order valence-corrected chi connectivity index (χ0v) is 14.1. The molecule has 1 amide bonds. The molecule has 25 heavy (non-hydrogen) atoms. The number of nitrogens with one attached hydrogen (secondary N) is 1. The van der Waals surface area contributed by atoms with E-state index >= 15 is 0 Å². The van der Waals surface area contributed by atoms with E-state index in [1.54, 1.807) is 7.11 Å². The molecule has 1 aliphatic heterocycles. The first-order chi connectivity index (χ1) is 12.2. The van der Waals surface area contributed by atoms with Crippen molar-refractivity contribution in [2.75, 3.05) is 20.2 Å². The van der Waals surface area contributed by atoms with Crippen molar-refractivity contribution in [3.05, 3.63) is 60.3 Å². The molecule has 1 fully saturated rings. The molecule has 1 saturated heterocycles. The fraction of sp³-hybridized carbons (Fsp3) is 0.250. The van der Waals surface area contributed by atoms with Crippen LogP contribution in [0.15, 0.2) is 54.6 Å². The first kappa shape index (κ1) is 15.6. The molecule has 4 rings (SSSR count). The zero-order valence-electron chi connectivity index (χ0n) is 14.1. The number of methoxy groups -OCH3 is 1. The number of aromatic amines is 1. The summed E-state index contributed by atoms with van der Waals surface area (Å²) < 4.78 is 11.3. The van der Waals surface area contributed by atoms with Gasteiger partial charge in [-0.2, -0.15) is 0 Å². The summed E-state index contributed by atoms with van der Waals surface area (Å²) >= 11 is 0. The minimum atomic E-state index is -0.00239. The van der Waals surface area contributed by atoms with E-state index in [2.05, 4.69) is 4.98 Å². The largest absolute Gasteiger partial charge is 0.496 e. The number of ether oxygens (including phenoxy) is 2. The van der Waals surface area contributed by atoms with Crippen LogP contribution in [0, 0.1) is 0 Å². The number of benzene rings is 2. The monoisotopic (exact) mass is 336 g/mol. The van der Waals surface area contributed by atoms with E-state index in [1.807, 2.05) is 59.5 Å². The Morgan fingerprint density at radius 1 is 1.16 bits per heavy atom. The SMILES string of the molecule is COc1cccc2[nH]c(C(=O)N3CC[C@@H](Oc4ccccc4)C3)cc12. The van der Waals surface area contributed by atoms with Crippen molar-refractivity contribution in [2.45, 2.75) is 12.5 Å². The molecule has 0 radical (unpaired) electrons. The van der Waals surface area contributed by atoms with Gasteiger partial charge in [0.05, 0.1) is 13.7 Å². The lowest BCUT2D eigenvalue weighted by Gasteiger charge is -2.16. The summed E-state index contributed by atoms with van der Waals surface area (Å²) in [6.07, 6.45) is 0.870. The molecule has 2 aromatic carbocycles. The summed E-state index contributed by atoms with van der Waals surface area (Å²) in [6.45, 7) is 1.29. The molecule has 0 spiro atoms. The summed E-state index contributed by atoms with van der Waals surface area (Å²) in [5, 5.41) is 0.921. The summed E-state index contributed by atoms with van der Waals surface area (Å²) in [5.41, 5.74) is 1.49. The predicted octanol–water partition coefficient (Wildman–Crippen LogP) is 3.47. The number of H-pyrrole nitrogens is 1. The van der Waals surface area contributed by atoms with Crippen LogP contribution in [0.2, 0.25) is 0 Å². The predicted molar refractivity (Wildman–Crippen MR) is 96.2 cm³/mol. The van der Waals surface area contributed by atoms with Gasteiger partial charge in [-0.3, -0.25) is 4.79 Å². The average Bonchev–Trinajstić information content (AvgIpc) is 3.28. The maximum Gasteiger partial charge on any atom is 0.270 e. The van der Waals surface area contributed by atoms with Crippen LogP contribution in [0.5, 0.6) is 11.5 Å². The highest BCUT2D eigenvalue weighted by molar-refractivity contribution is 5.99. The van der Waals surface area contributed by atoms with Crippen molar-refractivity contribution in [2.24, 2.45) is 0 Å². The van der Waals surface area contributed by atoms with Gasteiger partial charge in [0, 0.05) is 23.9 Å². The van der Waals surface area contributed by atoms with Crippen molar-refractivity contribution >= 4 is 16.8 Å². The highest BCUT2D eigenvalue weighted by atomic mass is 16.5. The molecule has 1 atom stereocenters. The van der Waals surface area contributed by atoms with E-state index in [-0.39, 0.29) is 12.0 Å². The molecule has 128 valence electrons. The fourth-order valence-corrected chi connectivity index (χ4v) is 3.29. The Kier molecular flexibility index (Phi) is 4.06. The van der Waals surface area contributed by atoms with Crippen molar-refractivity contribution in [1.82, 2.24) is 9.88 Å². The number of hydrogen-bond donors (Lipinski definition) is 1. The van der Waals surface area contributed by atoms with Crippen LogP contribution in [0.25, 0.3) is 10.9 Å². The fourth-order valence-electron chi connectivity index (χ4n) is 3.29. The van der Waals surface area contributed by atoms with Crippen LogP contribution >= 0.6 is 0 Å². The van der Waals surface area contributed by atoms with E-state index in [4.69, 9.17) is 9.47 Å². The van der Waals surface area contributed by atoms with Crippen molar-refractivity contribution < 1.29 is 14.3 Å². The number of aromatic nitrogens is 1. The van der Waals surface area contributed by atoms with Gasteiger partial charge in [0.25, 0.3) is 5.91 Å². The van der Waals surface area contributed by atoms with Gasteiger partial charge in [-0.15, -0.1) is 0 Å². The standard InChI is InChI=1S/C20H20N2O3/c1-24-19-9-5-8-17-16(19)12-18(21-17)20(23)22-11-10-15(13-22)25-14-6-3-2-4-7-14/h2-9,12,15,21H,10-11,13H2,1H3/t15-/m1/s1. The molecular formula is C20H20N2O3. The van der Waals surface area contributed by atoms with Gasteiger partial charge in [0.15, 0.2) is 0 Å². The number of fused-ring (bicyclic) bond motifs is 1. The van der Waals surface area contributed by atoms with Crippen LogP contribution in [-0.4, -0.2) is 42.1 Å². The van der Waals surface area contributed by atoms with Crippen LogP contribution in [0.4, 0.5) is 0 Å². The first-order valence-electron chi connectivity index (χ1n) is 8.41. The van der Waals surface area contributed by atoms with Gasteiger partial charge in [-0.1, -0.05) is 24.3 Å². The zero-order chi connectivity index (χ0) is 17.2. The van der Waals surface area contributed by atoms with E-state index in [0.717, 1.165) is 28.8 Å². The third-order valence-electron chi connectivity index (χ3n) is 4.55. The van der Waals surface area contributed by atoms with Crippen LogP contribution in [0.3, 0.4) is 0 Å². The Hall–Kier alpha value is -2.95. The Morgan fingerprint density at radius 3 is 2.80 bits per heavy atom. The molecule has 0 unspecified atom stereocenters. The topological polar surface area (TPSA) is 54.6 Å². The van der Waals surface area contributed by atoms with Gasteiger partial charge in [0.1, 0.15) is 23.3 Å². The highest BCUT2D eigenvalue weighted by Gasteiger charge is 2.29. The quantitative estimate of drug-likeness (QED) is 0.794. The molecule has 2 heterocycles.